The number of aromatic nitrogens is 2. The molecule has 0 aliphatic carbocycles. The summed E-state index contributed by atoms with van der Waals surface area (Å²) >= 11 is 5.57. The van der Waals surface area contributed by atoms with Gasteiger partial charge in [-0.15, -0.1) is 21.8 Å². The number of benzene rings is 1. The van der Waals surface area contributed by atoms with Gasteiger partial charge in [-0.3, -0.25) is 10.1 Å². The van der Waals surface area contributed by atoms with Gasteiger partial charge in [0.1, 0.15) is 5.56 Å². The van der Waals surface area contributed by atoms with Crippen molar-refractivity contribution in [2.45, 2.75) is 13.3 Å². The smallest absolute Gasteiger partial charge is 0.282 e. The predicted molar refractivity (Wildman–Crippen MR) is 65.5 cm³/mol. The summed E-state index contributed by atoms with van der Waals surface area (Å²) < 4.78 is 5.37. The van der Waals surface area contributed by atoms with Gasteiger partial charge in [0, 0.05) is 18.4 Å². The summed E-state index contributed by atoms with van der Waals surface area (Å²) in [7, 11) is 0. The lowest BCUT2D eigenvalue weighted by molar-refractivity contribution is -0.384. The molecule has 7 heteroatoms. The van der Waals surface area contributed by atoms with E-state index in [1.807, 2.05) is 0 Å². The van der Waals surface area contributed by atoms with Gasteiger partial charge in [-0.25, -0.2) is 0 Å². The molecule has 1 heterocycles. The molecule has 0 saturated heterocycles. The summed E-state index contributed by atoms with van der Waals surface area (Å²) in [6, 6.07) is 4.79. The van der Waals surface area contributed by atoms with E-state index in [0.717, 1.165) is 0 Å². The number of hydrogen-bond acceptors (Lipinski definition) is 5. The molecule has 6 nitrogen and oxygen atoms in total. The molecule has 2 aromatic rings. The van der Waals surface area contributed by atoms with Crippen LogP contribution < -0.4 is 0 Å². The van der Waals surface area contributed by atoms with E-state index in [-0.39, 0.29) is 11.6 Å². The van der Waals surface area contributed by atoms with Gasteiger partial charge in [0.25, 0.3) is 11.6 Å². The average Bonchev–Trinajstić information content (AvgIpc) is 2.77. The maximum absolute atomic E-state index is 11.0. The van der Waals surface area contributed by atoms with Crippen LogP contribution in [-0.2, 0) is 6.42 Å². The Morgan fingerprint density at radius 2 is 2.22 bits per heavy atom. The van der Waals surface area contributed by atoms with Gasteiger partial charge in [-0.2, -0.15) is 0 Å². The van der Waals surface area contributed by atoms with Crippen molar-refractivity contribution in [3.63, 3.8) is 0 Å². The lowest BCUT2D eigenvalue weighted by Crippen LogP contribution is -1.94. The Kier molecular flexibility index (Phi) is 3.57. The molecule has 18 heavy (non-hydrogen) atoms. The highest BCUT2D eigenvalue weighted by Gasteiger charge is 2.22. The van der Waals surface area contributed by atoms with Gasteiger partial charge >= 0.3 is 0 Å². The van der Waals surface area contributed by atoms with Crippen molar-refractivity contribution in [1.82, 2.24) is 10.2 Å². The van der Waals surface area contributed by atoms with Gasteiger partial charge in [0.05, 0.1) is 4.92 Å². The van der Waals surface area contributed by atoms with Crippen LogP contribution in [0.4, 0.5) is 5.69 Å². The number of halogens is 1. The van der Waals surface area contributed by atoms with Gasteiger partial charge < -0.3 is 4.42 Å². The SMILES string of the molecule is Cc1cccc([N+](=O)[O-])c1-c1nnc(CCCl)o1. The van der Waals surface area contributed by atoms with Crippen molar-refractivity contribution in [2.24, 2.45) is 0 Å². The fourth-order valence-corrected chi connectivity index (χ4v) is 1.78. The summed E-state index contributed by atoms with van der Waals surface area (Å²) in [5, 5.41) is 18.6. The van der Waals surface area contributed by atoms with E-state index >= 15 is 0 Å². The zero-order valence-corrected chi connectivity index (χ0v) is 10.3. The minimum absolute atomic E-state index is 0.0453. The summed E-state index contributed by atoms with van der Waals surface area (Å²) in [4.78, 5) is 10.5. The van der Waals surface area contributed by atoms with E-state index in [1.165, 1.54) is 6.07 Å². The molecule has 0 N–H and O–H groups in total. The van der Waals surface area contributed by atoms with Crippen LogP contribution in [0, 0.1) is 17.0 Å². The number of hydrogen-bond donors (Lipinski definition) is 0. The van der Waals surface area contributed by atoms with Crippen molar-refractivity contribution in [1.29, 1.82) is 0 Å². The summed E-state index contributed by atoms with van der Waals surface area (Å²) in [6.07, 6.45) is 0.439. The summed E-state index contributed by atoms with van der Waals surface area (Å²) in [5.41, 5.74) is 1.03. The number of rotatable bonds is 4. The van der Waals surface area contributed by atoms with Crippen molar-refractivity contribution in [3.05, 3.63) is 39.8 Å². The minimum atomic E-state index is -0.465. The van der Waals surface area contributed by atoms with Crippen molar-refractivity contribution in [3.8, 4) is 11.5 Å². The first kappa shape index (κ1) is 12.5. The molecule has 2 rings (SSSR count). The lowest BCUT2D eigenvalue weighted by Gasteiger charge is -2.01. The first-order valence-corrected chi connectivity index (χ1v) is 5.79. The standard InChI is InChI=1S/C11H10ClN3O3/c1-7-3-2-4-8(15(16)17)10(7)11-14-13-9(18-11)5-6-12/h2-4H,5-6H2,1H3. The molecule has 0 spiro atoms. The zero-order chi connectivity index (χ0) is 13.1. The van der Waals surface area contributed by atoms with Gasteiger partial charge in [0.2, 0.25) is 5.89 Å². The maximum Gasteiger partial charge on any atom is 0.282 e. The molecule has 0 unspecified atom stereocenters. The van der Waals surface area contributed by atoms with Gasteiger partial charge in [0.15, 0.2) is 0 Å². The minimum Gasteiger partial charge on any atom is -0.420 e. The first-order valence-electron chi connectivity index (χ1n) is 5.26. The van der Waals surface area contributed by atoms with Crippen LogP contribution in [0.5, 0.6) is 0 Å². The maximum atomic E-state index is 11.0. The molecule has 0 aliphatic heterocycles. The van der Waals surface area contributed by atoms with Crippen LogP contribution in [0.1, 0.15) is 11.5 Å². The average molecular weight is 268 g/mol. The third kappa shape index (κ3) is 2.33. The van der Waals surface area contributed by atoms with E-state index in [0.29, 0.717) is 29.3 Å². The molecule has 0 atom stereocenters. The predicted octanol–water partition coefficient (Wildman–Crippen LogP) is 2.73. The first-order chi connectivity index (χ1) is 8.63. The van der Waals surface area contributed by atoms with E-state index in [1.54, 1.807) is 19.1 Å². The van der Waals surface area contributed by atoms with Crippen LogP contribution in [0.25, 0.3) is 11.5 Å². The second-order valence-corrected chi connectivity index (χ2v) is 4.04. The normalized spacial score (nSPS) is 10.6. The molecule has 0 aliphatic rings. The summed E-state index contributed by atoms with van der Waals surface area (Å²) in [5.74, 6) is 0.884. The number of aryl methyl sites for hydroxylation is 2. The monoisotopic (exact) mass is 267 g/mol. The van der Waals surface area contributed by atoms with E-state index in [4.69, 9.17) is 16.0 Å². The highest BCUT2D eigenvalue weighted by molar-refractivity contribution is 6.17. The van der Waals surface area contributed by atoms with Crippen LogP contribution in [-0.4, -0.2) is 21.0 Å². The number of nitrogens with zero attached hydrogens (tertiary/aromatic N) is 3. The highest BCUT2D eigenvalue weighted by Crippen LogP contribution is 2.31. The number of alkyl halides is 1. The van der Waals surface area contributed by atoms with Crippen molar-refractivity contribution >= 4 is 17.3 Å². The second-order valence-electron chi connectivity index (χ2n) is 3.67. The zero-order valence-electron chi connectivity index (χ0n) is 9.59. The van der Waals surface area contributed by atoms with Crippen LogP contribution in [0.2, 0.25) is 0 Å². The Labute approximate surface area is 108 Å². The Morgan fingerprint density at radius 1 is 1.44 bits per heavy atom. The van der Waals surface area contributed by atoms with Crippen molar-refractivity contribution < 1.29 is 9.34 Å². The Hall–Kier alpha value is -1.95. The van der Waals surface area contributed by atoms with E-state index in [9.17, 15) is 10.1 Å². The molecule has 0 bridgehead atoms. The molecule has 0 saturated carbocycles. The van der Waals surface area contributed by atoms with Crippen molar-refractivity contribution in [2.75, 3.05) is 5.88 Å². The second kappa shape index (κ2) is 5.14. The molecular weight excluding hydrogens is 258 g/mol. The van der Waals surface area contributed by atoms with E-state index < -0.39 is 4.92 Å². The Morgan fingerprint density at radius 3 is 2.89 bits per heavy atom. The Bertz CT molecular complexity index is 583. The number of nitro groups is 1. The fraction of sp³-hybridized carbons (Fsp3) is 0.273. The molecule has 0 amide bonds. The third-order valence-electron chi connectivity index (χ3n) is 2.44. The quantitative estimate of drug-likeness (QED) is 0.483. The fourth-order valence-electron chi connectivity index (χ4n) is 1.62. The van der Waals surface area contributed by atoms with Crippen LogP contribution >= 0.6 is 11.6 Å². The number of nitro benzene ring substituents is 1. The topological polar surface area (TPSA) is 82.1 Å². The largest absolute Gasteiger partial charge is 0.420 e. The lowest BCUT2D eigenvalue weighted by atomic mass is 10.1. The van der Waals surface area contributed by atoms with E-state index in [2.05, 4.69) is 10.2 Å². The molecular formula is C11H10ClN3O3. The van der Waals surface area contributed by atoms with Gasteiger partial charge in [-0.1, -0.05) is 12.1 Å². The third-order valence-corrected chi connectivity index (χ3v) is 2.63. The highest BCUT2D eigenvalue weighted by atomic mass is 35.5. The molecule has 0 radical (unpaired) electrons. The Balaban J connectivity index is 2.51. The molecule has 0 fully saturated rings. The van der Waals surface area contributed by atoms with Crippen LogP contribution in [0.3, 0.4) is 0 Å². The molecule has 94 valence electrons. The molecule has 1 aromatic heterocycles. The molecule has 1 aromatic carbocycles. The van der Waals surface area contributed by atoms with Gasteiger partial charge in [-0.05, 0) is 12.5 Å². The van der Waals surface area contributed by atoms with Crippen LogP contribution in [0.15, 0.2) is 22.6 Å². The summed E-state index contributed by atoms with van der Waals surface area (Å²) in [6.45, 7) is 1.76.